The van der Waals surface area contributed by atoms with Crippen molar-refractivity contribution in [2.45, 2.75) is 25.8 Å². The van der Waals surface area contributed by atoms with E-state index < -0.39 is 17.5 Å². The second-order valence-corrected chi connectivity index (χ2v) is 4.19. The number of urea groups is 1. The van der Waals surface area contributed by atoms with Crippen LogP contribution in [-0.2, 0) is 9.59 Å². The summed E-state index contributed by atoms with van der Waals surface area (Å²) in [7, 11) is 0. The van der Waals surface area contributed by atoms with Crippen molar-refractivity contribution in [3.05, 3.63) is 0 Å². The molecule has 1 aliphatic heterocycles. The lowest BCUT2D eigenvalue weighted by Gasteiger charge is -2.31. The van der Waals surface area contributed by atoms with Crippen molar-refractivity contribution in [2.24, 2.45) is 0 Å². The summed E-state index contributed by atoms with van der Waals surface area (Å²) in [6.45, 7) is 3.86. The molecule has 0 radical (unpaired) electrons. The topological polar surface area (TPSA) is 98.7 Å². The molecule has 7 heteroatoms. The van der Waals surface area contributed by atoms with Crippen LogP contribution in [0.3, 0.4) is 0 Å². The number of nitrogens with one attached hydrogen (secondary N) is 2. The molecule has 0 aromatic rings. The quantitative estimate of drug-likeness (QED) is 0.615. The Hall–Kier alpha value is -1.79. The van der Waals surface area contributed by atoms with E-state index >= 15 is 0 Å². The van der Waals surface area contributed by atoms with Crippen LogP contribution in [0.15, 0.2) is 0 Å². The van der Waals surface area contributed by atoms with Gasteiger partial charge in [-0.15, -0.1) is 0 Å². The number of amides is 3. The van der Waals surface area contributed by atoms with Crippen LogP contribution >= 0.6 is 0 Å². The second kappa shape index (κ2) is 5.03. The Kier molecular flexibility index (Phi) is 3.93. The summed E-state index contributed by atoms with van der Waals surface area (Å²) in [5.41, 5.74) is -1.30. The summed E-state index contributed by atoms with van der Waals surface area (Å²) < 4.78 is 0. The fourth-order valence-corrected chi connectivity index (χ4v) is 1.42. The molecule has 0 spiro atoms. The molecule has 0 aromatic carbocycles. The van der Waals surface area contributed by atoms with E-state index in [9.17, 15) is 14.4 Å². The molecule has 7 nitrogen and oxygen atoms in total. The smallest absolute Gasteiger partial charge is 0.329 e. The Morgan fingerprint density at radius 1 is 1.59 bits per heavy atom. The van der Waals surface area contributed by atoms with Crippen molar-refractivity contribution in [1.29, 1.82) is 0 Å². The first kappa shape index (κ1) is 13.3. The van der Waals surface area contributed by atoms with Gasteiger partial charge in [0.25, 0.3) is 0 Å². The third-order valence-corrected chi connectivity index (χ3v) is 2.89. The zero-order valence-electron chi connectivity index (χ0n) is 9.95. The van der Waals surface area contributed by atoms with Crippen molar-refractivity contribution < 1.29 is 19.5 Å². The van der Waals surface area contributed by atoms with E-state index in [4.69, 9.17) is 5.11 Å². The largest absolute Gasteiger partial charge is 0.480 e. The van der Waals surface area contributed by atoms with Gasteiger partial charge in [-0.25, -0.2) is 9.59 Å². The zero-order valence-corrected chi connectivity index (χ0v) is 9.95. The van der Waals surface area contributed by atoms with Crippen LogP contribution in [0.2, 0.25) is 0 Å². The Labute approximate surface area is 99.2 Å². The number of carboxylic acid groups (broad SMARTS) is 1. The Balaban J connectivity index is 2.64. The van der Waals surface area contributed by atoms with Gasteiger partial charge in [-0.1, -0.05) is 6.92 Å². The first-order chi connectivity index (χ1) is 7.89. The number of aliphatic carboxylic acids is 1. The van der Waals surface area contributed by atoms with Crippen molar-refractivity contribution in [2.75, 3.05) is 19.6 Å². The highest BCUT2D eigenvalue weighted by atomic mass is 16.4. The van der Waals surface area contributed by atoms with E-state index in [1.54, 1.807) is 6.92 Å². The summed E-state index contributed by atoms with van der Waals surface area (Å²) in [6.07, 6.45) is 0.272. The standard InChI is InChI=1S/C10H17N3O4/c1-3-10(2,8(15)16)12-9(17)13-5-4-11-7(14)6-13/h3-6H2,1-2H3,(H,11,14)(H,12,17)(H,15,16). The minimum Gasteiger partial charge on any atom is -0.480 e. The Bertz CT molecular complexity index is 344. The highest BCUT2D eigenvalue weighted by Gasteiger charge is 2.35. The molecular formula is C10H17N3O4. The normalized spacial score (nSPS) is 19.2. The number of carbonyl (C=O) groups is 3. The van der Waals surface area contributed by atoms with Gasteiger partial charge in [0.2, 0.25) is 5.91 Å². The average Bonchev–Trinajstić information content (AvgIpc) is 2.28. The molecule has 17 heavy (non-hydrogen) atoms. The first-order valence-electron chi connectivity index (χ1n) is 5.46. The van der Waals surface area contributed by atoms with E-state index in [-0.39, 0.29) is 18.9 Å². The van der Waals surface area contributed by atoms with Gasteiger partial charge < -0.3 is 20.6 Å². The molecular weight excluding hydrogens is 226 g/mol. The predicted octanol–water partition coefficient (Wildman–Crippen LogP) is -0.619. The van der Waals surface area contributed by atoms with E-state index in [1.807, 2.05) is 0 Å². The molecule has 3 N–H and O–H groups in total. The van der Waals surface area contributed by atoms with Gasteiger partial charge in [0.15, 0.2) is 0 Å². The molecule has 1 heterocycles. The molecule has 1 rings (SSSR count). The van der Waals surface area contributed by atoms with Gasteiger partial charge in [0, 0.05) is 13.1 Å². The second-order valence-electron chi connectivity index (χ2n) is 4.19. The van der Waals surface area contributed by atoms with Gasteiger partial charge in [-0.05, 0) is 13.3 Å². The maximum atomic E-state index is 11.8. The highest BCUT2D eigenvalue weighted by molar-refractivity contribution is 5.89. The molecule has 0 bridgehead atoms. The molecule has 1 aliphatic rings. The van der Waals surface area contributed by atoms with Crippen LogP contribution in [0, 0.1) is 0 Å². The lowest BCUT2D eigenvalue weighted by molar-refractivity contribution is -0.143. The van der Waals surface area contributed by atoms with Crippen molar-refractivity contribution in [1.82, 2.24) is 15.5 Å². The number of rotatable bonds is 3. The summed E-state index contributed by atoms with van der Waals surface area (Å²) in [5, 5.41) is 14.0. The van der Waals surface area contributed by atoms with Crippen molar-refractivity contribution in [3.8, 4) is 0 Å². The van der Waals surface area contributed by atoms with Gasteiger partial charge >= 0.3 is 12.0 Å². The number of carboxylic acids is 1. The van der Waals surface area contributed by atoms with E-state index in [0.717, 1.165) is 0 Å². The van der Waals surface area contributed by atoms with Crippen LogP contribution in [0.25, 0.3) is 0 Å². The maximum Gasteiger partial charge on any atom is 0.329 e. The minimum atomic E-state index is -1.30. The van der Waals surface area contributed by atoms with Gasteiger partial charge in [-0.2, -0.15) is 0 Å². The molecule has 0 saturated carbocycles. The summed E-state index contributed by atoms with van der Waals surface area (Å²) in [5.74, 6) is -1.32. The summed E-state index contributed by atoms with van der Waals surface area (Å²) >= 11 is 0. The fraction of sp³-hybridized carbons (Fsp3) is 0.700. The van der Waals surface area contributed by atoms with Crippen LogP contribution in [0.1, 0.15) is 20.3 Å². The number of carbonyl (C=O) groups excluding carboxylic acids is 2. The minimum absolute atomic E-state index is 0.0365. The van der Waals surface area contributed by atoms with Crippen molar-refractivity contribution >= 4 is 17.9 Å². The molecule has 0 aliphatic carbocycles. The molecule has 96 valence electrons. The highest BCUT2D eigenvalue weighted by Crippen LogP contribution is 2.10. The average molecular weight is 243 g/mol. The molecule has 3 amide bonds. The third kappa shape index (κ3) is 3.08. The SMILES string of the molecule is CCC(C)(NC(=O)N1CCNC(=O)C1)C(=O)O. The molecule has 1 fully saturated rings. The van der Waals surface area contributed by atoms with Crippen molar-refractivity contribution in [3.63, 3.8) is 0 Å². The molecule has 1 atom stereocenters. The molecule has 0 aromatic heterocycles. The number of hydrogen-bond acceptors (Lipinski definition) is 3. The van der Waals surface area contributed by atoms with Crippen LogP contribution in [-0.4, -0.2) is 53.1 Å². The number of hydrogen-bond donors (Lipinski definition) is 3. The fourth-order valence-electron chi connectivity index (χ4n) is 1.42. The van der Waals surface area contributed by atoms with Gasteiger partial charge in [0.1, 0.15) is 12.1 Å². The third-order valence-electron chi connectivity index (χ3n) is 2.89. The molecule has 1 saturated heterocycles. The summed E-state index contributed by atoms with van der Waals surface area (Å²) in [6, 6.07) is -0.522. The van der Waals surface area contributed by atoms with Crippen LogP contribution in [0.4, 0.5) is 4.79 Å². The Morgan fingerprint density at radius 3 is 2.71 bits per heavy atom. The van der Waals surface area contributed by atoms with Gasteiger partial charge in [-0.3, -0.25) is 4.79 Å². The number of piperazine rings is 1. The van der Waals surface area contributed by atoms with Crippen LogP contribution in [0.5, 0.6) is 0 Å². The number of nitrogens with zero attached hydrogens (tertiary/aromatic N) is 1. The first-order valence-corrected chi connectivity index (χ1v) is 5.46. The van der Waals surface area contributed by atoms with Crippen LogP contribution < -0.4 is 10.6 Å². The monoisotopic (exact) mass is 243 g/mol. The van der Waals surface area contributed by atoms with E-state index in [0.29, 0.717) is 13.1 Å². The van der Waals surface area contributed by atoms with E-state index in [2.05, 4.69) is 10.6 Å². The lowest BCUT2D eigenvalue weighted by Crippen LogP contribution is -2.59. The van der Waals surface area contributed by atoms with E-state index in [1.165, 1.54) is 11.8 Å². The lowest BCUT2D eigenvalue weighted by atomic mass is 10.00. The zero-order chi connectivity index (χ0) is 13.1. The van der Waals surface area contributed by atoms with Gasteiger partial charge in [0.05, 0.1) is 0 Å². The maximum absolute atomic E-state index is 11.8. The summed E-state index contributed by atoms with van der Waals surface area (Å²) in [4.78, 5) is 35.2. The molecule has 1 unspecified atom stereocenters. The Morgan fingerprint density at radius 2 is 2.24 bits per heavy atom. The predicted molar refractivity (Wildman–Crippen MR) is 59.4 cm³/mol.